The minimum absolute atomic E-state index is 0.0982. The summed E-state index contributed by atoms with van der Waals surface area (Å²) in [6.07, 6.45) is 5.04. The molecule has 1 heterocycles. The Labute approximate surface area is 162 Å². The average Bonchev–Trinajstić information content (AvgIpc) is 3.11. The van der Waals surface area contributed by atoms with Crippen molar-refractivity contribution in [2.75, 3.05) is 11.9 Å². The van der Waals surface area contributed by atoms with Crippen molar-refractivity contribution >= 4 is 34.0 Å². The first kappa shape index (κ1) is 18.1. The molecule has 0 aliphatic rings. The van der Waals surface area contributed by atoms with Crippen LogP contribution in [0.3, 0.4) is 0 Å². The quantitative estimate of drug-likeness (QED) is 0.546. The van der Waals surface area contributed by atoms with Crippen LogP contribution in [-0.2, 0) is 6.54 Å². The topological polar surface area (TPSA) is 62.9 Å². The van der Waals surface area contributed by atoms with Crippen molar-refractivity contribution in [2.45, 2.75) is 6.54 Å². The Kier molecular flexibility index (Phi) is 5.68. The highest BCUT2D eigenvalue weighted by Gasteiger charge is 2.14. The van der Waals surface area contributed by atoms with E-state index >= 15 is 0 Å². The van der Waals surface area contributed by atoms with Gasteiger partial charge in [0.25, 0.3) is 0 Å². The predicted molar refractivity (Wildman–Crippen MR) is 101 cm³/mol. The minimum atomic E-state index is -0.588. The second kappa shape index (κ2) is 8.14. The van der Waals surface area contributed by atoms with Crippen LogP contribution in [0.5, 0.6) is 5.75 Å². The van der Waals surface area contributed by atoms with E-state index in [0.717, 1.165) is 15.7 Å². The summed E-state index contributed by atoms with van der Waals surface area (Å²) in [7, 11) is 0. The first-order valence-corrected chi connectivity index (χ1v) is 8.69. The molecular weight excluding hydrogens is 453 g/mol. The molecule has 0 aliphatic heterocycles. The number of hydrogen-bond acceptors (Lipinski definition) is 4. The summed E-state index contributed by atoms with van der Waals surface area (Å²) in [5.41, 5.74) is 0.400. The van der Waals surface area contributed by atoms with E-state index in [1.807, 2.05) is 28.7 Å². The molecule has 0 aliphatic carbocycles. The van der Waals surface area contributed by atoms with Crippen molar-refractivity contribution < 1.29 is 13.5 Å². The van der Waals surface area contributed by atoms with Gasteiger partial charge in [-0.15, -0.1) is 0 Å². The second-order valence-corrected chi connectivity index (χ2v) is 6.58. The summed E-state index contributed by atoms with van der Waals surface area (Å²) in [6, 6.07) is 8.85. The van der Waals surface area contributed by atoms with Crippen LogP contribution in [0, 0.1) is 26.5 Å². The lowest BCUT2D eigenvalue weighted by Gasteiger charge is -2.14. The van der Waals surface area contributed by atoms with E-state index in [2.05, 4.69) is 10.3 Å². The summed E-state index contributed by atoms with van der Waals surface area (Å²) in [5.74, 6) is -0.983. The van der Waals surface area contributed by atoms with Gasteiger partial charge in [0, 0.05) is 22.0 Å². The van der Waals surface area contributed by atoms with Crippen molar-refractivity contribution in [3.63, 3.8) is 0 Å². The van der Waals surface area contributed by atoms with E-state index in [1.54, 1.807) is 29.4 Å². The SMILES string of the molecule is N#Cc1c(Nc2ccc(I)cc2F)cc(F)cc1OCCn1ccnc1. The number of imidazole rings is 1. The van der Waals surface area contributed by atoms with Gasteiger partial charge in [-0.2, -0.15) is 5.26 Å². The van der Waals surface area contributed by atoms with Crippen LogP contribution < -0.4 is 10.1 Å². The number of nitriles is 1. The van der Waals surface area contributed by atoms with Crippen molar-refractivity contribution in [1.29, 1.82) is 5.26 Å². The van der Waals surface area contributed by atoms with Crippen molar-refractivity contribution in [3.05, 3.63) is 69.8 Å². The van der Waals surface area contributed by atoms with Crippen LogP contribution in [0.15, 0.2) is 49.1 Å². The molecule has 0 bridgehead atoms. The van der Waals surface area contributed by atoms with E-state index in [9.17, 15) is 14.0 Å². The van der Waals surface area contributed by atoms with Crippen LogP contribution in [0.25, 0.3) is 0 Å². The molecule has 8 heteroatoms. The molecule has 26 heavy (non-hydrogen) atoms. The lowest BCUT2D eigenvalue weighted by Crippen LogP contribution is -2.08. The second-order valence-electron chi connectivity index (χ2n) is 5.34. The maximum absolute atomic E-state index is 14.0. The molecule has 1 N–H and O–H groups in total. The summed E-state index contributed by atoms with van der Waals surface area (Å²) in [5, 5.41) is 12.2. The van der Waals surface area contributed by atoms with Gasteiger partial charge in [-0.3, -0.25) is 0 Å². The Bertz CT molecular complexity index is 955. The summed E-state index contributed by atoms with van der Waals surface area (Å²) < 4.78 is 36.1. The van der Waals surface area contributed by atoms with Gasteiger partial charge in [-0.1, -0.05) is 0 Å². The standard InChI is InChI=1S/C18H13F2IN4O/c19-12-7-17(24-16-2-1-13(21)9-15(16)20)14(10-22)18(8-12)26-6-5-25-4-3-23-11-25/h1-4,7-9,11,24H,5-6H2. The van der Waals surface area contributed by atoms with Gasteiger partial charge >= 0.3 is 0 Å². The summed E-state index contributed by atoms with van der Waals surface area (Å²) in [6.45, 7) is 0.724. The maximum atomic E-state index is 14.0. The van der Waals surface area contributed by atoms with Gasteiger partial charge in [-0.05, 0) is 46.9 Å². The highest BCUT2D eigenvalue weighted by molar-refractivity contribution is 14.1. The first-order chi connectivity index (χ1) is 12.6. The number of benzene rings is 2. The molecular formula is C18H13F2IN4O. The van der Waals surface area contributed by atoms with Crippen molar-refractivity contribution in [2.24, 2.45) is 0 Å². The van der Waals surface area contributed by atoms with Gasteiger partial charge in [-0.25, -0.2) is 13.8 Å². The Morgan fingerprint density at radius 1 is 1.23 bits per heavy atom. The molecule has 1 aromatic heterocycles. The number of aromatic nitrogens is 2. The molecule has 0 radical (unpaired) electrons. The highest BCUT2D eigenvalue weighted by Crippen LogP contribution is 2.31. The third-order valence-electron chi connectivity index (χ3n) is 3.55. The lowest BCUT2D eigenvalue weighted by atomic mass is 10.1. The molecule has 3 rings (SSSR count). The Morgan fingerprint density at radius 2 is 2.08 bits per heavy atom. The Balaban J connectivity index is 1.83. The van der Waals surface area contributed by atoms with Gasteiger partial charge < -0.3 is 14.6 Å². The smallest absolute Gasteiger partial charge is 0.147 e. The fourth-order valence-electron chi connectivity index (χ4n) is 2.33. The number of hydrogen-bond donors (Lipinski definition) is 1. The highest BCUT2D eigenvalue weighted by atomic mass is 127. The monoisotopic (exact) mass is 466 g/mol. The van der Waals surface area contributed by atoms with Gasteiger partial charge in [0.2, 0.25) is 0 Å². The number of halogens is 3. The zero-order chi connectivity index (χ0) is 18.5. The van der Waals surface area contributed by atoms with E-state index in [-0.39, 0.29) is 29.3 Å². The van der Waals surface area contributed by atoms with E-state index < -0.39 is 11.6 Å². The van der Waals surface area contributed by atoms with Crippen LogP contribution in [0.4, 0.5) is 20.2 Å². The number of anilines is 2. The molecule has 2 aromatic carbocycles. The van der Waals surface area contributed by atoms with Gasteiger partial charge in [0.1, 0.15) is 35.6 Å². The summed E-state index contributed by atoms with van der Waals surface area (Å²) in [4.78, 5) is 3.92. The van der Waals surface area contributed by atoms with Crippen LogP contribution >= 0.6 is 22.6 Å². The first-order valence-electron chi connectivity index (χ1n) is 7.61. The molecule has 5 nitrogen and oxygen atoms in total. The molecule has 0 unspecified atom stereocenters. The fourth-order valence-corrected chi connectivity index (χ4v) is 2.78. The Hall–Kier alpha value is -2.67. The van der Waals surface area contributed by atoms with Crippen molar-refractivity contribution in [3.8, 4) is 11.8 Å². The number of nitrogens with zero attached hydrogens (tertiary/aromatic N) is 3. The van der Waals surface area contributed by atoms with E-state index in [4.69, 9.17) is 4.74 Å². The predicted octanol–water partition coefficient (Wildman–Crippen LogP) is 4.46. The molecule has 132 valence electrons. The van der Waals surface area contributed by atoms with E-state index in [1.165, 1.54) is 12.1 Å². The number of rotatable bonds is 6. The normalized spacial score (nSPS) is 10.4. The number of nitrogens with one attached hydrogen (secondary N) is 1. The number of ether oxygens (including phenoxy) is 1. The molecule has 0 saturated heterocycles. The fraction of sp³-hybridized carbons (Fsp3) is 0.111. The zero-order valence-corrected chi connectivity index (χ0v) is 15.6. The molecule has 0 saturated carbocycles. The van der Waals surface area contributed by atoms with Crippen molar-refractivity contribution in [1.82, 2.24) is 9.55 Å². The Morgan fingerprint density at radius 3 is 2.77 bits per heavy atom. The molecule has 3 aromatic rings. The maximum Gasteiger partial charge on any atom is 0.147 e. The third-order valence-corrected chi connectivity index (χ3v) is 4.22. The van der Waals surface area contributed by atoms with Crippen LogP contribution in [-0.4, -0.2) is 16.2 Å². The van der Waals surface area contributed by atoms with Crippen LogP contribution in [0.1, 0.15) is 5.56 Å². The summed E-state index contributed by atoms with van der Waals surface area (Å²) >= 11 is 1.99. The van der Waals surface area contributed by atoms with Gasteiger partial charge in [0.05, 0.1) is 24.2 Å². The largest absolute Gasteiger partial charge is 0.490 e. The van der Waals surface area contributed by atoms with E-state index in [0.29, 0.717) is 6.54 Å². The molecule has 0 spiro atoms. The molecule has 0 atom stereocenters. The minimum Gasteiger partial charge on any atom is -0.490 e. The average molecular weight is 466 g/mol. The lowest BCUT2D eigenvalue weighted by molar-refractivity contribution is 0.296. The third kappa shape index (κ3) is 4.29. The van der Waals surface area contributed by atoms with Gasteiger partial charge in [0.15, 0.2) is 0 Å². The van der Waals surface area contributed by atoms with Crippen LogP contribution in [0.2, 0.25) is 0 Å². The molecule has 0 amide bonds. The zero-order valence-electron chi connectivity index (χ0n) is 13.4. The molecule has 0 fully saturated rings.